The maximum absolute atomic E-state index is 9.34. The van der Waals surface area contributed by atoms with Crippen LogP contribution >= 0.6 is 0 Å². The van der Waals surface area contributed by atoms with Crippen LogP contribution in [0.15, 0.2) is 42.0 Å². The van der Waals surface area contributed by atoms with E-state index < -0.39 is 0 Å². The van der Waals surface area contributed by atoms with Gasteiger partial charge in [0.15, 0.2) is 0 Å². The van der Waals surface area contributed by atoms with Gasteiger partial charge in [-0.2, -0.15) is 0 Å². The maximum atomic E-state index is 9.34. The molecule has 0 spiro atoms. The lowest BCUT2D eigenvalue weighted by Gasteiger charge is -2.34. The molecule has 1 fully saturated rings. The Balaban J connectivity index is 1.84. The molecule has 1 atom stereocenters. The number of hydrogen-bond donors (Lipinski definition) is 2. The first kappa shape index (κ1) is 17.2. The van der Waals surface area contributed by atoms with Gasteiger partial charge in [-0.15, -0.1) is 0 Å². The number of benzene rings is 1. The van der Waals surface area contributed by atoms with Gasteiger partial charge >= 0.3 is 0 Å². The third-order valence-corrected chi connectivity index (χ3v) is 4.40. The van der Waals surface area contributed by atoms with Crippen molar-refractivity contribution < 1.29 is 5.11 Å². The molecule has 3 heteroatoms. The summed E-state index contributed by atoms with van der Waals surface area (Å²) in [6.45, 7) is 7.94. The van der Waals surface area contributed by atoms with E-state index in [0.717, 1.165) is 26.1 Å². The predicted octanol–water partition coefficient (Wildman–Crippen LogP) is 3.13. The summed E-state index contributed by atoms with van der Waals surface area (Å²) in [6.07, 6.45) is 5.46. The SMILES string of the molecule is CC(C)=CCN1CCC(N[C@H](CCO)c2ccccc2)CC1. The number of aliphatic hydroxyl groups is 1. The quantitative estimate of drug-likeness (QED) is 0.760. The van der Waals surface area contributed by atoms with Crippen LogP contribution in [-0.2, 0) is 0 Å². The Hall–Kier alpha value is -1.16. The van der Waals surface area contributed by atoms with E-state index in [2.05, 4.69) is 54.4 Å². The zero-order valence-corrected chi connectivity index (χ0v) is 14.0. The van der Waals surface area contributed by atoms with Gasteiger partial charge in [0.1, 0.15) is 0 Å². The number of piperidine rings is 1. The van der Waals surface area contributed by atoms with Crippen LogP contribution in [0.1, 0.15) is 44.7 Å². The van der Waals surface area contributed by atoms with Crippen molar-refractivity contribution in [2.24, 2.45) is 0 Å². The average molecular weight is 302 g/mol. The second-order valence-electron chi connectivity index (χ2n) is 6.50. The largest absolute Gasteiger partial charge is 0.396 e. The van der Waals surface area contributed by atoms with E-state index in [4.69, 9.17) is 0 Å². The highest BCUT2D eigenvalue weighted by molar-refractivity contribution is 5.19. The van der Waals surface area contributed by atoms with Crippen LogP contribution in [0.4, 0.5) is 0 Å². The van der Waals surface area contributed by atoms with E-state index in [1.54, 1.807) is 0 Å². The van der Waals surface area contributed by atoms with Crippen LogP contribution in [0.3, 0.4) is 0 Å². The van der Waals surface area contributed by atoms with Gasteiger partial charge < -0.3 is 10.4 Å². The monoisotopic (exact) mass is 302 g/mol. The fourth-order valence-corrected chi connectivity index (χ4v) is 3.04. The topological polar surface area (TPSA) is 35.5 Å². The Bertz CT molecular complexity index is 446. The predicted molar refractivity (Wildman–Crippen MR) is 92.9 cm³/mol. The summed E-state index contributed by atoms with van der Waals surface area (Å²) in [7, 11) is 0. The summed E-state index contributed by atoms with van der Waals surface area (Å²) >= 11 is 0. The first-order chi connectivity index (χ1) is 10.7. The minimum atomic E-state index is 0.228. The molecule has 0 bridgehead atoms. The molecule has 22 heavy (non-hydrogen) atoms. The standard InChI is InChI=1S/C19H30N2O/c1-16(2)8-12-21-13-9-18(10-14-21)20-19(11-15-22)17-6-4-3-5-7-17/h3-8,18-20,22H,9-15H2,1-2H3/t19-/m1/s1. The lowest BCUT2D eigenvalue weighted by atomic mass is 9.99. The molecule has 1 aromatic carbocycles. The van der Waals surface area contributed by atoms with E-state index in [9.17, 15) is 5.11 Å². The molecule has 1 heterocycles. The molecular formula is C19H30N2O. The number of nitrogens with zero attached hydrogens (tertiary/aromatic N) is 1. The smallest absolute Gasteiger partial charge is 0.0449 e. The molecule has 1 aromatic rings. The van der Waals surface area contributed by atoms with Crippen molar-refractivity contribution in [1.82, 2.24) is 10.2 Å². The van der Waals surface area contributed by atoms with Crippen molar-refractivity contribution >= 4 is 0 Å². The third kappa shape index (κ3) is 5.56. The molecule has 0 aliphatic carbocycles. The number of aliphatic hydroxyl groups excluding tert-OH is 1. The van der Waals surface area contributed by atoms with Crippen molar-refractivity contribution in [3.63, 3.8) is 0 Å². The molecule has 0 amide bonds. The van der Waals surface area contributed by atoms with E-state index in [1.165, 1.54) is 24.0 Å². The first-order valence-electron chi connectivity index (χ1n) is 8.46. The molecule has 2 rings (SSSR count). The minimum absolute atomic E-state index is 0.228. The summed E-state index contributed by atoms with van der Waals surface area (Å²) in [5, 5.41) is 13.1. The Morgan fingerprint density at radius 2 is 1.95 bits per heavy atom. The fourth-order valence-electron chi connectivity index (χ4n) is 3.04. The van der Waals surface area contributed by atoms with Gasteiger partial charge in [-0.1, -0.05) is 42.0 Å². The van der Waals surface area contributed by atoms with E-state index in [-0.39, 0.29) is 12.6 Å². The van der Waals surface area contributed by atoms with Gasteiger partial charge in [-0.3, -0.25) is 4.90 Å². The second-order valence-corrected chi connectivity index (χ2v) is 6.50. The van der Waals surface area contributed by atoms with Crippen molar-refractivity contribution in [3.8, 4) is 0 Å². The number of hydrogen-bond acceptors (Lipinski definition) is 3. The second kappa shape index (κ2) is 9.09. The number of likely N-dealkylation sites (tertiary alicyclic amines) is 1. The van der Waals surface area contributed by atoms with Crippen LogP contribution in [-0.4, -0.2) is 42.3 Å². The highest BCUT2D eigenvalue weighted by atomic mass is 16.3. The van der Waals surface area contributed by atoms with E-state index in [0.29, 0.717) is 6.04 Å². The fraction of sp³-hybridized carbons (Fsp3) is 0.579. The van der Waals surface area contributed by atoms with Gasteiger partial charge in [-0.25, -0.2) is 0 Å². The molecule has 0 aromatic heterocycles. The molecule has 0 saturated carbocycles. The summed E-state index contributed by atoms with van der Waals surface area (Å²) in [4.78, 5) is 2.52. The lowest BCUT2D eigenvalue weighted by Crippen LogP contribution is -2.43. The molecule has 1 aliphatic rings. The Labute approximate surface area is 135 Å². The molecule has 0 radical (unpaired) electrons. The number of nitrogens with one attached hydrogen (secondary N) is 1. The lowest BCUT2D eigenvalue weighted by molar-refractivity contribution is 0.196. The van der Waals surface area contributed by atoms with E-state index >= 15 is 0 Å². The maximum Gasteiger partial charge on any atom is 0.0449 e. The zero-order valence-electron chi connectivity index (χ0n) is 14.0. The first-order valence-corrected chi connectivity index (χ1v) is 8.46. The van der Waals surface area contributed by atoms with E-state index in [1.807, 2.05) is 6.07 Å². The van der Waals surface area contributed by atoms with Crippen LogP contribution in [0.25, 0.3) is 0 Å². The Morgan fingerprint density at radius 3 is 2.55 bits per heavy atom. The molecule has 1 aliphatic heterocycles. The third-order valence-electron chi connectivity index (χ3n) is 4.40. The van der Waals surface area contributed by atoms with Gasteiger partial charge in [0, 0.05) is 25.2 Å². The summed E-state index contributed by atoms with van der Waals surface area (Å²) in [5.41, 5.74) is 2.68. The van der Waals surface area contributed by atoms with Crippen LogP contribution in [0.5, 0.6) is 0 Å². The number of rotatable bonds is 7. The van der Waals surface area contributed by atoms with Crippen LogP contribution in [0, 0.1) is 0 Å². The zero-order chi connectivity index (χ0) is 15.8. The van der Waals surface area contributed by atoms with Gasteiger partial charge in [0.2, 0.25) is 0 Å². The molecule has 2 N–H and O–H groups in total. The van der Waals surface area contributed by atoms with Gasteiger partial charge in [-0.05, 0) is 51.8 Å². The highest BCUT2D eigenvalue weighted by Gasteiger charge is 2.21. The van der Waals surface area contributed by atoms with Crippen molar-refractivity contribution in [3.05, 3.63) is 47.5 Å². The molecule has 0 unspecified atom stereocenters. The molecule has 3 nitrogen and oxygen atoms in total. The minimum Gasteiger partial charge on any atom is -0.396 e. The molecule has 1 saturated heterocycles. The van der Waals surface area contributed by atoms with Crippen LogP contribution in [0.2, 0.25) is 0 Å². The summed E-state index contributed by atoms with van der Waals surface area (Å²) < 4.78 is 0. The van der Waals surface area contributed by atoms with Crippen molar-refractivity contribution in [2.45, 2.75) is 45.2 Å². The van der Waals surface area contributed by atoms with Gasteiger partial charge in [0.05, 0.1) is 0 Å². The highest BCUT2D eigenvalue weighted by Crippen LogP contribution is 2.20. The normalized spacial score (nSPS) is 18.1. The van der Waals surface area contributed by atoms with Gasteiger partial charge in [0.25, 0.3) is 0 Å². The molecule has 122 valence electrons. The Morgan fingerprint density at radius 1 is 1.27 bits per heavy atom. The Kier molecular flexibility index (Phi) is 7.10. The van der Waals surface area contributed by atoms with Crippen molar-refractivity contribution in [2.75, 3.05) is 26.2 Å². The molecular weight excluding hydrogens is 272 g/mol. The van der Waals surface area contributed by atoms with Crippen molar-refractivity contribution in [1.29, 1.82) is 0 Å². The summed E-state index contributed by atoms with van der Waals surface area (Å²) in [6, 6.07) is 11.3. The average Bonchev–Trinajstić information content (AvgIpc) is 2.54. The summed E-state index contributed by atoms with van der Waals surface area (Å²) in [5.74, 6) is 0. The van der Waals surface area contributed by atoms with Crippen LogP contribution < -0.4 is 5.32 Å². The number of allylic oxidation sites excluding steroid dienone is 1.